The summed E-state index contributed by atoms with van der Waals surface area (Å²) in [6.45, 7) is 10.1. The van der Waals surface area contributed by atoms with Crippen LogP contribution in [0.25, 0.3) is 0 Å². The minimum Gasteiger partial charge on any atom is -0.379 e. The Morgan fingerprint density at radius 2 is 2.05 bits per heavy atom. The third-order valence-electron chi connectivity index (χ3n) is 4.77. The van der Waals surface area contributed by atoms with Crippen molar-refractivity contribution in [1.82, 2.24) is 15.5 Å². The molecule has 1 atom stereocenters. The summed E-state index contributed by atoms with van der Waals surface area (Å²) >= 11 is 0. The maximum atomic E-state index is 12.0. The Hall–Kier alpha value is -0.650. The van der Waals surface area contributed by atoms with E-state index < -0.39 is 0 Å². The van der Waals surface area contributed by atoms with E-state index in [2.05, 4.69) is 22.5 Å². The molecule has 0 aromatic rings. The van der Waals surface area contributed by atoms with Crippen LogP contribution in [0.4, 0.5) is 0 Å². The molecule has 5 nitrogen and oxygen atoms in total. The van der Waals surface area contributed by atoms with Gasteiger partial charge in [-0.25, -0.2) is 0 Å². The van der Waals surface area contributed by atoms with Crippen molar-refractivity contribution in [3.05, 3.63) is 0 Å². The molecular formula is C16H31N3O2. The van der Waals surface area contributed by atoms with Crippen molar-refractivity contribution in [1.29, 1.82) is 0 Å². The minimum absolute atomic E-state index is 0.225. The van der Waals surface area contributed by atoms with Crippen LogP contribution in [-0.4, -0.2) is 63.3 Å². The lowest BCUT2D eigenvalue weighted by Gasteiger charge is -2.28. The van der Waals surface area contributed by atoms with Gasteiger partial charge in [-0.15, -0.1) is 0 Å². The molecule has 122 valence electrons. The second-order valence-electron chi connectivity index (χ2n) is 6.43. The Bertz CT molecular complexity index is 300. The predicted octanol–water partition coefficient (Wildman–Crippen LogP) is 0.851. The van der Waals surface area contributed by atoms with Crippen molar-refractivity contribution in [2.45, 2.75) is 32.6 Å². The van der Waals surface area contributed by atoms with E-state index in [0.717, 1.165) is 58.9 Å². The number of carbonyl (C=O) groups excluding carboxylic acids is 1. The second-order valence-corrected chi connectivity index (χ2v) is 6.43. The molecule has 2 aliphatic heterocycles. The van der Waals surface area contributed by atoms with Crippen LogP contribution in [-0.2, 0) is 9.53 Å². The summed E-state index contributed by atoms with van der Waals surface area (Å²) in [5, 5.41) is 6.46. The standard InChI is InChI=1S/C16H31N3O2/c1-14(15-3-6-17-7-4-15)13-16(20)18-5-2-8-19-9-11-21-12-10-19/h14-15,17H,2-13H2,1H3,(H,18,20). The summed E-state index contributed by atoms with van der Waals surface area (Å²) < 4.78 is 5.33. The highest BCUT2D eigenvalue weighted by atomic mass is 16.5. The van der Waals surface area contributed by atoms with Crippen molar-refractivity contribution in [3.63, 3.8) is 0 Å². The maximum Gasteiger partial charge on any atom is 0.220 e. The molecule has 0 aromatic heterocycles. The predicted molar refractivity (Wildman–Crippen MR) is 84.3 cm³/mol. The third kappa shape index (κ3) is 6.32. The Labute approximate surface area is 128 Å². The summed E-state index contributed by atoms with van der Waals surface area (Å²) in [4.78, 5) is 14.4. The molecule has 2 aliphatic rings. The number of piperidine rings is 1. The molecule has 0 aliphatic carbocycles. The van der Waals surface area contributed by atoms with Gasteiger partial charge in [-0.1, -0.05) is 6.92 Å². The van der Waals surface area contributed by atoms with Gasteiger partial charge in [0.2, 0.25) is 5.91 Å². The molecule has 21 heavy (non-hydrogen) atoms. The number of nitrogens with zero attached hydrogens (tertiary/aromatic N) is 1. The molecule has 2 rings (SSSR count). The first kappa shape index (κ1) is 16.7. The molecule has 0 saturated carbocycles. The van der Waals surface area contributed by atoms with E-state index in [1.54, 1.807) is 0 Å². The average molecular weight is 297 g/mol. The van der Waals surface area contributed by atoms with Crippen molar-refractivity contribution < 1.29 is 9.53 Å². The van der Waals surface area contributed by atoms with Crippen LogP contribution in [0.1, 0.15) is 32.6 Å². The van der Waals surface area contributed by atoms with Gasteiger partial charge in [0.15, 0.2) is 0 Å². The number of carbonyl (C=O) groups is 1. The maximum absolute atomic E-state index is 12.0. The molecule has 0 bridgehead atoms. The first-order chi connectivity index (χ1) is 10.3. The first-order valence-corrected chi connectivity index (χ1v) is 8.53. The van der Waals surface area contributed by atoms with E-state index in [4.69, 9.17) is 4.74 Å². The van der Waals surface area contributed by atoms with Crippen LogP contribution in [0.2, 0.25) is 0 Å². The van der Waals surface area contributed by atoms with Crippen LogP contribution >= 0.6 is 0 Å². The molecule has 0 aromatic carbocycles. The SMILES string of the molecule is CC(CC(=O)NCCCN1CCOCC1)C1CCNCC1. The van der Waals surface area contributed by atoms with Crippen molar-refractivity contribution in [2.24, 2.45) is 11.8 Å². The normalized spacial score (nSPS) is 22.9. The van der Waals surface area contributed by atoms with E-state index in [0.29, 0.717) is 18.3 Å². The molecule has 5 heteroatoms. The lowest BCUT2D eigenvalue weighted by molar-refractivity contribution is -0.122. The Balaban J connectivity index is 1.52. The summed E-state index contributed by atoms with van der Waals surface area (Å²) in [6, 6.07) is 0. The molecular weight excluding hydrogens is 266 g/mol. The van der Waals surface area contributed by atoms with Crippen LogP contribution in [0.5, 0.6) is 0 Å². The molecule has 2 saturated heterocycles. The highest BCUT2D eigenvalue weighted by Gasteiger charge is 2.21. The Kier molecular flexibility index (Phi) is 7.47. The highest BCUT2D eigenvalue weighted by Crippen LogP contribution is 2.24. The van der Waals surface area contributed by atoms with Crippen LogP contribution in [0.15, 0.2) is 0 Å². The van der Waals surface area contributed by atoms with Crippen LogP contribution in [0.3, 0.4) is 0 Å². The lowest BCUT2D eigenvalue weighted by Crippen LogP contribution is -2.38. The lowest BCUT2D eigenvalue weighted by atomic mass is 9.84. The summed E-state index contributed by atoms with van der Waals surface area (Å²) in [7, 11) is 0. The van der Waals surface area contributed by atoms with E-state index in [-0.39, 0.29) is 5.91 Å². The number of nitrogens with one attached hydrogen (secondary N) is 2. The average Bonchev–Trinajstić information content (AvgIpc) is 2.53. The molecule has 0 radical (unpaired) electrons. The van der Waals surface area contributed by atoms with Crippen molar-refractivity contribution in [2.75, 3.05) is 52.5 Å². The van der Waals surface area contributed by atoms with Gasteiger partial charge in [0.25, 0.3) is 0 Å². The number of hydrogen-bond acceptors (Lipinski definition) is 4. The number of morpholine rings is 1. The van der Waals surface area contributed by atoms with Gasteiger partial charge in [0, 0.05) is 26.1 Å². The molecule has 2 fully saturated rings. The van der Waals surface area contributed by atoms with Crippen molar-refractivity contribution in [3.8, 4) is 0 Å². The van der Waals surface area contributed by atoms with Gasteiger partial charge in [-0.3, -0.25) is 9.69 Å². The molecule has 2 heterocycles. The van der Waals surface area contributed by atoms with Crippen molar-refractivity contribution >= 4 is 5.91 Å². The summed E-state index contributed by atoms with van der Waals surface area (Å²) in [5.74, 6) is 1.44. The van der Waals surface area contributed by atoms with Crippen LogP contribution in [0, 0.1) is 11.8 Å². The fourth-order valence-corrected chi connectivity index (χ4v) is 3.30. The number of amides is 1. The number of rotatable bonds is 7. The smallest absolute Gasteiger partial charge is 0.220 e. The molecule has 0 spiro atoms. The van der Waals surface area contributed by atoms with Gasteiger partial charge in [-0.2, -0.15) is 0 Å². The van der Waals surface area contributed by atoms with E-state index in [1.165, 1.54) is 12.8 Å². The zero-order valence-electron chi connectivity index (χ0n) is 13.4. The van der Waals surface area contributed by atoms with E-state index >= 15 is 0 Å². The Morgan fingerprint density at radius 3 is 2.76 bits per heavy atom. The minimum atomic E-state index is 0.225. The third-order valence-corrected chi connectivity index (χ3v) is 4.77. The zero-order chi connectivity index (χ0) is 14.9. The van der Waals surface area contributed by atoms with Gasteiger partial charge < -0.3 is 15.4 Å². The first-order valence-electron chi connectivity index (χ1n) is 8.53. The van der Waals surface area contributed by atoms with E-state index in [1.807, 2.05) is 0 Å². The Morgan fingerprint density at radius 1 is 1.33 bits per heavy atom. The summed E-state index contributed by atoms with van der Waals surface area (Å²) in [5.41, 5.74) is 0. The monoisotopic (exact) mass is 297 g/mol. The molecule has 1 amide bonds. The van der Waals surface area contributed by atoms with Gasteiger partial charge in [0.1, 0.15) is 0 Å². The van der Waals surface area contributed by atoms with E-state index in [9.17, 15) is 4.79 Å². The number of ether oxygens (including phenoxy) is 1. The second kappa shape index (κ2) is 9.38. The van der Waals surface area contributed by atoms with Crippen LogP contribution < -0.4 is 10.6 Å². The largest absolute Gasteiger partial charge is 0.379 e. The summed E-state index contributed by atoms with van der Waals surface area (Å²) in [6.07, 6.45) is 4.15. The van der Waals surface area contributed by atoms with Gasteiger partial charge in [-0.05, 0) is 50.7 Å². The highest BCUT2D eigenvalue weighted by molar-refractivity contribution is 5.76. The van der Waals surface area contributed by atoms with Gasteiger partial charge in [0.05, 0.1) is 13.2 Å². The fraction of sp³-hybridized carbons (Fsp3) is 0.938. The molecule has 1 unspecified atom stereocenters. The zero-order valence-corrected chi connectivity index (χ0v) is 13.4. The topological polar surface area (TPSA) is 53.6 Å². The fourth-order valence-electron chi connectivity index (χ4n) is 3.30. The van der Waals surface area contributed by atoms with Gasteiger partial charge >= 0.3 is 0 Å². The molecule has 2 N–H and O–H groups in total. The number of hydrogen-bond donors (Lipinski definition) is 2. The quantitative estimate of drug-likeness (QED) is 0.684.